The number of halogens is 1. The average Bonchev–Trinajstić information content (AvgIpc) is 2.64. The van der Waals surface area contributed by atoms with E-state index < -0.39 is 0 Å². The maximum Gasteiger partial charge on any atom is 0.239 e. The summed E-state index contributed by atoms with van der Waals surface area (Å²) < 4.78 is 0. The molecule has 5 nitrogen and oxygen atoms in total. The molecule has 0 heterocycles. The van der Waals surface area contributed by atoms with Crippen LogP contribution in [0.25, 0.3) is 0 Å². The van der Waals surface area contributed by atoms with Gasteiger partial charge in [-0.2, -0.15) is 0 Å². The molecule has 2 aromatic rings. The maximum absolute atomic E-state index is 12.1. The lowest BCUT2D eigenvalue weighted by atomic mass is 10.0. The average molecular weight is 373 g/mol. The first-order chi connectivity index (χ1) is 12.5. The van der Waals surface area contributed by atoms with Crippen molar-refractivity contribution in [3.05, 3.63) is 70.2 Å². The van der Waals surface area contributed by atoms with Crippen LogP contribution in [0.3, 0.4) is 0 Å². The summed E-state index contributed by atoms with van der Waals surface area (Å²) in [5, 5.41) is 5.87. The third-order valence-electron chi connectivity index (χ3n) is 3.87. The van der Waals surface area contributed by atoms with Gasteiger partial charge >= 0.3 is 0 Å². The number of rotatable bonds is 8. The number of carbonyl (C=O) groups excluding carboxylic acids is 3. The fraction of sp³-hybridized carbons (Fsp3) is 0.250. The zero-order chi connectivity index (χ0) is 18.9. The van der Waals surface area contributed by atoms with Crippen LogP contribution >= 0.6 is 11.6 Å². The Hall–Kier alpha value is -2.66. The highest BCUT2D eigenvalue weighted by atomic mass is 35.5. The molecule has 0 aliphatic rings. The van der Waals surface area contributed by atoms with Gasteiger partial charge in [0.15, 0.2) is 5.78 Å². The number of amides is 2. The first-order valence-electron chi connectivity index (χ1n) is 8.32. The quantitative estimate of drug-likeness (QED) is 0.699. The van der Waals surface area contributed by atoms with E-state index in [1.165, 1.54) is 0 Å². The van der Waals surface area contributed by atoms with Gasteiger partial charge in [0.2, 0.25) is 11.8 Å². The minimum absolute atomic E-state index is 0.0532. The fourth-order valence-corrected chi connectivity index (χ4v) is 2.51. The zero-order valence-corrected chi connectivity index (χ0v) is 15.3. The number of benzene rings is 2. The molecule has 2 rings (SSSR count). The highest BCUT2D eigenvalue weighted by molar-refractivity contribution is 6.30. The molecule has 0 aliphatic heterocycles. The standard InChI is InChI=1S/C20H21ClN2O3/c1-14-4-2-3-5-17(14)18(24)10-11-19(25)23-13-20(26)22-12-15-6-8-16(21)9-7-15/h2-9H,10-13H2,1H3,(H,22,26)(H,23,25). The lowest BCUT2D eigenvalue weighted by molar-refractivity contribution is -0.126. The third-order valence-corrected chi connectivity index (χ3v) is 4.13. The molecule has 0 atom stereocenters. The molecule has 0 aliphatic carbocycles. The van der Waals surface area contributed by atoms with Crippen molar-refractivity contribution in [3.63, 3.8) is 0 Å². The predicted octanol–water partition coefficient (Wildman–Crippen LogP) is 3.04. The van der Waals surface area contributed by atoms with Crippen LogP contribution in [0.4, 0.5) is 0 Å². The van der Waals surface area contributed by atoms with Crippen LogP contribution in [0.2, 0.25) is 5.02 Å². The van der Waals surface area contributed by atoms with Crippen molar-refractivity contribution < 1.29 is 14.4 Å². The second kappa shape index (κ2) is 9.73. The molecule has 0 saturated heterocycles. The smallest absolute Gasteiger partial charge is 0.239 e. The van der Waals surface area contributed by atoms with Gasteiger partial charge in [-0.25, -0.2) is 0 Å². The molecule has 0 spiro atoms. The lowest BCUT2D eigenvalue weighted by Gasteiger charge is -2.08. The number of Topliss-reactive ketones (excluding diaryl/α,β-unsaturated/α-hetero) is 1. The van der Waals surface area contributed by atoms with Gasteiger partial charge in [-0.1, -0.05) is 48.0 Å². The molecular weight excluding hydrogens is 352 g/mol. The molecule has 2 N–H and O–H groups in total. The number of aryl methyl sites for hydroxylation is 1. The Kier molecular flexibility index (Phi) is 7.36. The highest BCUT2D eigenvalue weighted by Gasteiger charge is 2.12. The normalized spacial score (nSPS) is 10.2. The van der Waals surface area contributed by atoms with Gasteiger partial charge in [-0.15, -0.1) is 0 Å². The molecule has 6 heteroatoms. The Morgan fingerprint density at radius 1 is 0.885 bits per heavy atom. The number of hydrogen-bond donors (Lipinski definition) is 2. The summed E-state index contributed by atoms with van der Waals surface area (Å²) in [6, 6.07) is 14.4. The van der Waals surface area contributed by atoms with Crippen LogP contribution in [-0.2, 0) is 16.1 Å². The number of nitrogens with one attached hydrogen (secondary N) is 2. The van der Waals surface area contributed by atoms with Crippen molar-refractivity contribution in [2.75, 3.05) is 6.54 Å². The van der Waals surface area contributed by atoms with Crippen molar-refractivity contribution in [3.8, 4) is 0 Å². The summed E-state index contributed by atoms with van der Waals surface area (Å²) >= 11 is 5.80. The number of carbonyl (C=O) groups is 3. The van der Waals surface area contributed by atoms with E-state index in [2.05, 4.69) is 10.6 Å². The summed E-state index contributed by atoms with van der Waals surface area (Å²) in [5.41, 5.74) is 2.43. The Bertz CT molecular complexity index is 788. The van der Waals surface area contributed by atoms with Gasteiger partial charge < -0.3 is 10.6 Å². The zero-order valence-electron chi connectivity index (χ0n) is 14.5. The van der Waals surface area contributed by atoms with E-state index in [1.54, 1.807) is 24.3 Å². The molecule has 2 amide bonds. The molecule has 0 fully saturated rings. The van der Waals surface area contributed by atoms with Crippen LogP contribution in [0.15, 0.2) is 48.5 Å². The number of ketones is 1. The monoisotopic (exact) mass is 372 g/mol. The minimum atomic E-state index is -0.325. The molecule has 0 bridgehead atoms. The van der Waals surface area contributed by atoms with Gasteiger partial charge in [0.25, 0.3) is 0 Å². The molecule has 2 aromatic carbocycles. The van der Waals surface area contributed by atoms with Crippen molar-refractivity contribution in [1.29, 1.82) is 0 Å². The minimum Gasteiger partial charge on any atom is -0.350 e. The molecule has 136 valence electrons. The topological polar surface area (TPSA) is 75.3 Å². The predicted molar refractivity (Wildman–Crippen MR) is 101 cm³/mol. The Labute approximate surface area is 157 Å². The maximum atomic E-state index is 12.1. The Morgan fingerprint density at radius 3 is 2.27 bits per heavy atom. The van der Waals surface area contributed by atoms with E-state index in [-0.39, 0.29) is 37.0 Å². The van der Waals surface area contributed by atoms with E-state index in [9.17, 15) is 14.4 Å². The van der Waals surface area contributed by atoms with Crippen LogP contribution in [0.5, 0.6) is 0 Å². The molecule has 0 aromatic heterocycles. The molecule has 0 saturated carbocycles. The van der Waals surface area contributed by atoms with Gasteiger partial charge in [-0.05, 0) is 30.2 Å². The largest absolute Gasteiger partial charge is 0.350 e. The van der Waals surface area contributed by atoms with Crippen molar-refractivity contribution in [2.24, 2.45) is 0 Å². The molecule has 26 heavy (non-hydrogen) atoms. The highest BCUT2D eigenvalue weighted by Crippen LogP contribution is 2.11. The summed E-state index contributed by atoms with van der Waals surface area (Å²) in [4.78, 5) is 35.7. The van der Waals surface area contributed by atoms with Gasteiger partial charge in [0, 0.05) is 30.0 Å². The Morgan fingerprint density at radius 2 is 1.58 bits per heavy atom. The van der Waals surface area contributed by atoms with E-state index in [0.717, 1.165) is 11.1 Å². The van der Waals surface area contributed by atoms with Crippen LogP contribution in [0, 0.1) is 6.92 Å². The van der Waals surface area contributed by atoms with Crippen LogP contribution in [-0.4, -0.2) is 24.1 Å². The van der Waals surface area contributed by atoms with Gasteiger partial charge in [0.1, 0.15) is 0 Å². The summed E-state index contributed by atoms with van der Waals surface area (Å²) in [7, 11) is 0. The summed E-state index contributed by atoms with van der Waals surface area (Å²) in [5.74, 6) is -0.697. The third kappa shape index (κ3) is 6.33. The summed E-state index contributed by atoms with van der Waals surface area (Å²) in [6.45, 7) is 2.10. The van der Waals surface area contributed by atoms with Crippen molar-refractivity contribution in [2.45, 2.75) is 26.3 Å². The first kappa shape index (κ1) is 19.7. The van der Waals surface area contributed by atoms with E-state index in [4.69, 9.17) is 11.6 Å². The molecular formula is C20H21ClN2O3. The second-order valence-electron chi connectivity index (χ2n) is 5.92. The second-order valence-corrected chi connectivity index (χ2v) is 6.35. The lowest BCUT2D eigenvalue weighted by Crippen LogP contribution is -2.36. The molecule has 0 unspecified atom stereocenters. The van der Waals surface area contributed by atoms with Crippen LogP contribution < -0.4 is 10.6 Å². The molecule has 0 radical (unpaired) electrons. The summed E-state index contributed by atoms with van der Waals surface area (Å²) in [6.07, 6.45) is 0.167. The van der Waals surface area contributed by atoms with E-state index in [0.29, 0.717) is 17.1 Å². The SMILES string of the molecule is Cc1ccccc1C(=O)CCC(=O)NCC(=O)NCc1ccc(Cl)cc1. The van der Waals surface area contributed by atoms with Gasteiger partial charge in [-0.3, -0.25) is 14.4 Å². The first-order valence-corrected chi connectivity index (χ1v) is 8.70. The number of hydrogen-bond acceptors (Lipinski definition) is 3. The van der Waals surface area contributed by atoms with Gasteiger partial charge in [0.05, 0.1) is 6.54 Å². The van der Waals surface area contributed by atoms with Crippen molar-refractivity contribution in [1.82, 2.24) is 10.6 Å². The van der Waals surface area contributed by atoms with Crippen molar-refractivity contribution >= 4 is 29.2 Å². The Balaban J connectivity index is 1.68. The van der Waals surface area contributed by atoms with Crippen LogP contribution in [0.1, 0.15) is 34.3 Å². The fourth-order valence-electron chi connectivity index (χ4n) is 2.38. The van der Waals surface area contributed by atoms with E-state index in [1.807, 2.05) is 31.2 Å². The van der Waals surface area contributed by atoms with E-state index >= 15 is 0 Å².